The minimum atomic E-state index is -0.792. The Balaban J connectivity index is 1.16. The Labute approximate surface area is 310 Å². The zero-order valence-corrected chi connectivity index (χ0v) is 33.3. The Bertz CT molecular complexity index is 1720. The quantitative estimate of drug-likeness (QED) is 0.271. The number of ether oxygens (including phenoxy) is 1. The molecule has 0 amide bonds. The first-order valence-electron chi connectivity index (χ1n) is 20.3. The van der Waals surface area contributed by atoms with Crippen molar-refractivity contribution in [3.8, 4) is 0 Å². The van der Waals surface area contributed by atoms with Gasteiger partial charge in [-0.05, 0) is 135 Å². The lowest BCUT2D eigenvalue weighted by atomic mass is 9.33. The van der Waals surface area contributed by atoms with Crippen LogP contribution in [0.3, 0.4) is 0 Å². The lowest BCUT2D eigenvalue weighted by molar-refractivity contribution is -0.234. The molecule has 7 nitrogen and oxygen atoms in total. The topological polar surface area (TPSA) is 103 Å². The third kappa shape index (κ3) is 5.65. The van der Waals surface area contributed by atoms with Crippen molar-refractivity contribution in [1.82, 2.24) is 10.2 Å². The molecule has 286 valence electrons. The van der Waals surface area contributed by atoms with E-state index in [4.69, 9.17) is 9.15 Å². The Morgan fingerprint density at radius 2 is 1.77 bits per heavy atom. The summed E-state index contributed by atoms with van der Waals surface area (Å²) in [5, 5.41) is 18.5. The van der Waals surface area contributed by atoms with Crippen molar-refractivity contribution < 1.29 is 28.2 Å². The van der Waals surface area contributed by atoms with Crippen molar-refractivity contribution in [2.75, 3.05) is 6.61 Å². The van der Waals surface area contributed by atoms with Crippen molar-refractivity contribution in [3.63, 3.8) is 0 Å². The number of fused-ring (bicyclic) bond motifs is 7. The van der Waals surface area contributed by atoms with Crippen molar-refractivity contribution in [3.05, 3.63) is 40.9 Å². The van der Waals surface area contributed by atoms with Crippen LogP contribution in [-0.4, -0.2) is 39.8 Å². The number of ketones is 1. The van der Waals surface area contributed by atoms with Crippen LogP contribution >= 0.6 is 0 Å². The number of carboxylic acid groups (broad SMARTS) is 1. The van der Waals surface area contributed by atoms with Gasteiger partial charge in [0.2, 0.25) is 11.8 Å². The summed E-state index contributed by atoms with van der Waals surface area (Å²) >= 11 is 0. The summed E-state index contributed by atoms with van der Waals surface area (Å²) < 4.78 is 27.0. The molecule has 4 saturated carbocycles. The maximum absolute atomic E-state index is 14.1. The highest BCUT2D eigenvalue weighted by molar-refractivity contribution is 6.00. The van der Waals surface area contributed by atoms with Gasteiger partial charge in [-0.3, -0.25) is 9.59 Å². The molecule has 1 N–H and O–H groups in total. The number of carboxylic acids is 1. The van der Waals surface area contributed by atoms with Crippen molar-refractivity contribution >= 4 is 17.3 Å². The molecule has 1 heterocycles. The molecule has 6 aliphatic carbocycles. The van der Waals surface area contributed by atoms with Gasteiger partial charge in [-0.2, -0.15) is 0 Å². The maximum Gasteiger partial charge on any atom is 0.309 e. The Morgan fingerprint density at radius 3 is 2.46 bits per heavy atom. The van der Waals surface area contributed by atoms with Gasteiger partial charge in [-0.1, -0.05) is 60.1 Å². The van der Waals surface area contributed by atoms with Gasteiger partial charge in [-0.15, -0.1) is 10.2 Å². The second-order valence-corrected chi connectivity index (χ2v) is 20.1. The van der Waals surface area contributed by atoms with Crippen LogP contribution in [0.2, 0.25) is 0 Å². The van der Waals surface area contributed by atoms with Gasteiger partial charge in [0, 0.05) is 36.9 Å². The Morgan fingerprint density at radius 1 is 1.02 bits per heavy atom. The molecule has 1 aromatic rings. The van der Waals surface area contributed by atoms with Gasteiger partial charge in [0.05, 0.1) is 11.5 Å². The van der Waals surface area contributed by atoms with E-state index in [1.54, 1.807) is 13.8 Å². The van der Waals surface area contributed by atoms with Gasteiger partial charge in [0.1, 0.15) is 5.83 Å². The molecule has 0 bridgehead atoms. The fourth-order valence-corrected chi connectivity index (χ4v) is 13.3. The number of carbonyl (C=O) groups excluding carboxylic acids is 1. The molecular formula is C44H63FN2O5. The van der Waals surface area contributed by atoms with E-state index in [0.29, 0.717) is 79.6 Å². The molecule has 7 rings (SSSR count). The van der Waals surface area contributed by atoms with Gasteiger partial charge < -0.3 is 14.3 Å². The SMILES string of the molecule is CC(C)C1=C2C3CCC4C5(C)CCC(OCCC(C)(C)C(=O)O)C(C)(C)C5CCC4(C)C3(C)CCC2(Cc2nnc(C3=CCCC(F)=C3)o2)CC1=O. The van der Waals surface area contributed by atoms with Crippen molar-refractivity contribution in [2.24, 2.45) is 56.2 Å². The van der Waals surface area contributed by atoms with Crippen LogP contribution in [0.25, 0.3) is 5.57 Å². The number of allylic oxidation sites excluding steroid dienone is 6. The number of hydrogen-bond donors (Lipinski definition) is 1. The van der Waals surface area contributed by atoms with Crippen LogP contribution < -0.4 is 0 Å². The molecule has 0 radical (unpaired) electrons. The standard InChI is InChI=1S/C44H63FN2O5/c1-26(2)35-30(48)24-44(25-34-46-47-37(52-34)27-11-10-12-28(45)23-27)20-19-42(8)29(36(35)44)13-14-32-41(7)17-16-33(51-22-21-39(3,4)38(49)50)40(5,6)31(41)15-18-43(32,42)9/h11,23,26,29,31-33H,10,12-22,24-25H2,1-9H3,(H,49,50). The van der Waals surface area contributed by atoms with Gasteiger partial charge in [0.15, 0.2) is 5.78 Å². The van der Waals surface area contributed by atoms with Crippen LogP contribution in [0, 0.1) is 56.2 Å². The minimum absolute atomic E-state index is 0.00938. The third-order valence-corrected chi connectivity index (χ3v) is 16.4. The van der Waals surface area contributed by atoms with Crippen LogP contribution in [0.1, 0.15) is 151 Å². The number of Topliss-reactive ketones (excluding diaryl/α,β-unsaturated/α-hetero) is 1. The number of aliphatic carboxylic acids is 1. The first-order valence-corrected chi connectivity index (χ1v) is 20.3. The predicted molar refractivity (Wildman–Crippen MR) is 200 cm³/mol. The summed E-state index contributed by atoms with van der Waals surface area (Å²) in [5.74, 6) is 1.87. The molecular weight excluding hydrogens is 655 g/mol. The predicted octanol–water partition coefficient (Wildman–Crippen LogP) is 10.5. The summed E-state index contributed by atoms with van der Waals surface area (Å²) in [6.45, 7) is 21.0. The van der Waals surface area contributed by atoms with E-state index in [2.05, 4.69) is 58.7 Å². The molecule has 8 unspecified atom stereocenters. The van der Waals surface area contributed by atoms with E-state index < -0.39 is 11.4 Å². The van der Waals surface area contributed by atoms with E-state index in [-0.39, 0.29) is 44.9 Å². The molecule has 4 fully saturated rings. The van der Waals surface area contributed by atoms with Crippen molar-refractivity contribution in [1.29, 1.82) is 0 Å². The second-order valence-electron chi connectivity index (χ2n) is 20.1. The molecule has 6 aliphatic rings. The van der Waals surface area contributed by atoms with Crippen LogP contribution in [-0.2, 0) is 20.7 Å². The van der Waals surface area contributed by atoms with Gasteiger partial charge in [-0.25, -0.2) is 4.39 Å². The third-order valence-electron chi connectivity index (χ3n) is 16.4. The highest BCUT2D eigenvalue weighted by Gasteiger charge is 2.70. The monoisotopic (exact) mass is 718 g/mol. The molecule has 0 saturated heterocycles. The molecule has 0 aromatic carbocycles. The van der Waals surface area contributed by atoms with E-state index in [1.165, 1.54) is 18.1 Å². The summed E-state index contributed by atoms with van der Waals surface area (Å²) in [4.78, 5) is 25.8. The van der Waals surface area contributed by atoms with Crippen LogP contribution in [0.4, 0.5) is 4.39 Å². The summed E-state index contributed by atoms with van der Waals surface area (Å²) in [7, 11) is 0. The molecule has 52 heavy (non-hydrogen) atoms. The lowest BCUT2D eigenvalue weighted by Gasteiger charge is -2.72. The first-order chi connectivity index (χ1) is 24.3. The Hall–Kier alpha value is -2.61. The van der Waals surface area contributed by atoms with E-state index in [9.17, 15) is 19.1 Å². The zero-order valence-electron chi connectivity index (χ0n) is 33.3. The smallest absolute Gasteiger partial charge is 0.309 e. The van der Waals surface area contributed by atoms with Crippen molar-refractivity contribution in [2.45, 2.75) is 152 Å². The van der Waals surface area contributed by atoms with Gasteiger partial charge >= 0.3 is 5.97 Å². The number of carbonyl (C=O) groups is 2. The molecule has 8 heteroatoms. The molecule has 0 spiro atoms. The lowest BCUT2D eigenvalue weighted by Crippen LogP contribution is -2.65. The normalized spacial score (nSPS) is 38.6. The van der Waals surface area contributed by atoms with Crippen LogP contribution in [0.5, 0.6) is 0 Å². The summed E-state index contributed by atoms with van der Waals surface area (Å²) in [6.07, 6.45) is 14.9. The second kappa shape index (κ2) is 12.7. The molecule has 1 aromatic heterocycles. The number of hydrogen-bond acceptors (Lipinski definition) is 6. The zero-order chi connectivity index (χ0) is 37.6. The number of halogens is 1. The molecule has 0 aliphatic heterocycles. The maximum atomic E-state index is 14.1. The number of nitrogens with zero attached hydrogens (tertiary/aromatic N) is 2. The average molecular weight is 719 g/mol. The first kappa shape index (κ1) is 37.7. The fourth-order valence-electron chi connectivity index (χ4n) is 13.3. The highest BCUT2D eigenvalue weighted by atomic mass is 19.1. The van der Waals surface area contributed by atoms with Gasteiger partial charge in [0.25, 0.3) is 0 Å². The molecule has 8 atom stereocenters. The average Bonchev–Trinajstić information content (AvgIpc) is 3.64. The fraction of sp³-hybridized carbons (Fsp3) is 0.773. The highest BCUT2D eigenvalue weighted by Crippen LogP contribution is 2.77. The van der Waals surface area contributed by atoms with Crippen LogP contribution in [0.15, 0.2) is 33.5 Å². The summed E-state index contributed by atoms with van der Waals surface area (Å²) in [6, 6.07) is 0. The number of aromatic nitrogens is 2. The van der Waals surface area contributed by atoms with E-state index in [0.717, 1.165) is 50.5 Å². The number of rotatable bonds is 9. The van der Waals surface area contributed by atoms with E-state index in [1.807, 2.05) is 6.08 Å². The van der Waals surface area contributed by atoms with E-state index >= 15 is 0 Å². The minimum Gasteiger partial charge on any atom is -0.481 e. The Kier molecular flexibility index (Phi) is 9.23. The largest absolute Gasteiger partial charge is 0.481 e. The summed E-state index contributed by atoms with van der Waals surface area (Å²) in [5.41, 5.74) is 2.36.